The molecule has 0 atom stereocenters. The number of nitrogens with zero attached hydrogens (tertiary/aromatic N) is 6. The van der Waals surface area contributed by atoms with Crippen LogP contribution >= 0.6 is 0 Å². The lowest BCUT2D eigenvalue weighted by Gasteiger charge is -2.18. The standard InChI is InChI=1S/C30H28N8O/c1-30(2,3)14-25(39)36-20-12-19(15-31-17-20)24-13-21-18(16-35-24)7-10-33-26(21)29-37-23-8-11-34-27(28(23)38-29)22-6-4-5-9-32-22/h4-6,8-9,11-13,15-17H,7,10,14H2,1-3H3,(H,36,39)(H,37,38). The van der Waals surface area contributed by atoms with Crippen LogP contribution in [0.4, 0.5) is 5.69 Å². The first-order valence-corrected chi connectivity index (χ1v) is 12.9. The molecular weight excluding hydrogens is 488 g/mol. The van der Waals surface area contributed by atoms with E-state index in [0.29, 0.717) is 24.5 Å². The summed E-state index contributed by atoms with van der Waals surface area (Å²) in [5.41, 5.74) is 8.06. The second-order valence-corrected chi connectivity index (χ2v) is 10.8. The van der Waals surface area contributed by atoms with E-state index in [4.69, 9.17) is 15.0 Å². The van der Waals surface area contributed by atoms with Gasteiger partial charge in [-0.15, -0.1) is 0 Å². The van der Waals surface area contributed by atoms with Crippen LogP contribution in [0.5, 0.6) is 0 Å². The number of fused-ring (bicyclic) bond motifs is 2. The SMILES string of the molecule is CC(C)(C)CC(=O)Nc1cncc(-c2cc3c(cn2)CCN=C3c2nc3c(-c4ccccn4)nccc3[nH]2)c1. The Morgan fingerprint density at radius 3 is 2.72 bits per heavy atom. The molecule has 1 amide bonds. The predicted molar refractivity (Wildman–Crippen MR) is 151 cm³/mol. The Hall–Kier alpha value is -4.79. The van der Waals surface area contributed by atoms with Crippen molar-refractivity contribution < 1.29 is 4.79 Å². The number of anilines is 1. The van der Waals surface area contributed by atoms with Crippen molar-refractivity contribution >= 4 is 28.3 Å². The number of aromatic amines is 1. The smallest absolute Gasteiger partial charge is 0.224 e. The highest BCUT2D eigenvalue weighted by molar-refractivity contribution is 6.14. The summed E-state index contributed by atoms with van der Waals surface area (Å²) in [5.74, 6) is 0.633. The fourth-order valence-corrected chi connectivity index (χ4v) is 4.71. The number of hydrogen-bond acceptors (Lipinski definition) is 7. The minimum Gasteiger partial charge on any atom is -0.337 e. The summed E-state index contributed by atoms with van der Waals surface area (Å²) in [6, 6.07) is 11.6. The molecule has 1 aliphatic heterocycles. The average molecular weight is 517 g/mol. The van der Waals surface area contributed by atoms with Crippen LogP contribution in [0.3, 0.4) is 0 Å². The summed E-state index contributed by atoms with van der Waals surface area (Å²) in [7, 11) is 0. The maximum Gasteiger partial charge on any atom is 0.224 e. The zero-order valence-electron chi connectivity index (χ0n) is 22.1. The topological polar surface area (TPSA) is 122 Å². The number of H-pyrrole nitrogens is 1. The minimum absolute atomic E-state index is 0.0429. The molecule has 6 heterocycles. The van der Waals surface area contributed by atoms with Gasteiger partial charge in [-0.05, 0) is 47.7 Å². The summed E-state index contributed by atoms with van der Waals surface area (Å²) in [4.78, 5) is 43.7. The molecule has 5 aromatic rings. The van der Waals surface area contributed by atoms with Crippen LogP contribution in [0.2, 0.25) is 0 Å². The molecule has 194 valence electrons. The molecule has 0 aromatic carbocycles. The third-order valence-corrected chi connectivity index (χ3v) is 6.43. The Labute approximate surface area is 225 Å². The zero-order valence-corrected chi connectivity index (χ0v) is 22.1. The lowest BCUT2D eigenvalue weighted by molar-refractivity contribution is -0.117. The normalized spacial score (nSPS) is 13.2. The van der Waals surface area contributed by atoms with Gasteiger partial charge in [0.15, 0.2) is 5.82 Å². The van der Waals surface area contributed by atoms with Gasteiger partial charge in [-0.1, -0.05) is 26.8 Å². The van der Waals surface area contributed by atoms with Crippen molar-refractivity contribution in [1.29, 1.82) is 0 Å². The number of aliphatic imine (C=N–C) groups is 1. The Morgan fingerprint density at radius 1 is 1.00 bits per heavy atom. The minimum atomic E-state index is -0.101. The van der Waals surface area contributed by atoms with Crippen molar-refractivity contribution in [3.63, 3.8) is 0 Å². The molecule has 5 aromatic heterocycles. The van der Waals surface area contributed by atoms with E-state index in [0.717, 1.165) is 56.9 Å². The maximum atomic E-state index is 12.5. The van der Waals surface area contributed by atoms with Gasteiger partial charge in [-0.25, -0.2) is 4.98 Å². The van der Waals surface area contributed by atoms with Crippen LogP contribution < -0.4 is 5.32 Å². The number of pyridine rings is 4. The van der Waals surface area contributed by atoms with Crippen LogP contribution in [0.1, 0.15) is 44.1 Å². The first-order valence-electron chi connectivity index (χ1n) is 12.9. The van der Waals surface area contributed by atoms with Crippen molar-refractivity contribution in [2.24, 2.45) is 10.4 Å². The molecular formula is C30H28N8O. The zero-order chi connectivity index (χ0) is 27.0. The molecule has 0 unspecified atom stereocenters. The highest BCUT2D eigenvalue weighted by atomic mass is 16.1. The monoisotopic (exact) mass is 516 g/mol. The van der Waals surface area contributed by atoms with E-state index in [9.17, 15) is 4.79 Å². The fourth-order valence-electron chi connectivity index (χ4n) is 4.71. The third kappa shape index (κ3) is 5.16. The lowest BCUT2D eigenvalue weighted by atomic mass is 9.92. The molecule has 6 rings (SSSR count). The number of carbonyl (C=O) groups excluding carboxylic acids is 1. The molecule has 39 heavy (non-hydrogen) atoms. The maximum absolute atomic E-state index is 12.5. The van der Waals surface area contributed by atoms with Crippen LogP contribution in [0.15, 0.2) is 72.4 Å². The summed E-state index contributed by atoms with van der Waals surface area (Å²) in [6.07, 6.45) is 10.0. The van der Waals surface area contributed by atoms with Gasteiger partial charge in [0.25, 0.3) is 0 Å². The van der Waals surface area contributed by atoms with Crippen LogP contribution in [0.25, 0.3) is 33.7 Å². The van der Waals surface area contributed by atoms with Crippen molar-refractivity contribution in [3.8, 4) is 22.6 Å². The molecule has 0 saturated carbocycles. The van der Waals surface area contributed by atoms with Crippen LogP contribution in [-0.2, 0) is 11.2 Å². The number of imidazole rings is 1. The summed E-state index contributed by atoms with van der Waals surface area (Å²) >= 11 is 0. The first kappa shape index (κ1) is 24.5. The number of nitrogens with one attached hydrogen (secondary N) is 2. The number of amides is 1. The molecule has 0 spiro atoms. The molecule has 0 bridgehead atoms. The van der Waals surface area contributed by atoms with Gasteiger partial charge in [-0.2, -0.15) is 0 Å². The van der Waals surface area contributed by atoms with Crippen molar-refractivity contribution in [1.82, 2.24) is 29.9 Å². The van der Waals surface area contributed by atoms with E-state index in [1.54, 1.807) is 24.8 Å². The number of carbonyl (C=O) groups is 1. The molecule has 0 fully saturated rings. The lowest BCUT2D eigenvalue weighted by Crippen LogP contribution is -2.19. The highest BCUT2D eigenvalue weighted by Gasteiger charge is 2.22. The molecule has 2 N–H and O–H groups in total. The molecule has 9 heteroatoms. The summed E-state index contributed by atoms with van der Waals surface area (Å²) in [5, 5.41) is 2.96. The van der Waals surface area contributed by atoms with E-state index in [2.05, 4.69) is 25.3 Å². The van der Waals surface area contributed by atoms with Crippen molar-refractivity contribution in [2.75, 3.05) is 11.9 Å². The Bertz CT molecular complexity index is 1720. The first-order chi connectivity index (χ1) is 18.8. The molecule has 0 aliphatic carbocycles. The van der Waals surface area contributed by atoms with Gasteiger partial charge < -0.3 is 10.3 Å². The largest absolute Gasteiger partial charge is 0.337 e. The number of rotatable bonds is 5. The Morgan fingerprint density at radius 2 is 1.90 bits per heavy atom. The number of hydrogen-bond donors (Lipinski definition) is 2. The van der Waals surface area contributed by atoms with E-state index in [1.807, 2.05) is 63.4 Å². The molecule has 1 aliphatic rings. The second kappa shape index (κ2) is 9.83. The van der Waals surface area contributed by atoms with E-state index in [1.165, 1.54) is 0 Å². The molecule has 0 radical (unpaired) electrons. The van der Waals surface area contributed by atoms with Crippen LogP contribution in [0, 0.1) is 5.41 Å². The summed E-state index contributed by atoms with van der Waals surface area (Å²) in [6.45, 7) is 6.77. The van der Waals surface area contributed by atoms with Gasteiger partial charge in [0.05, 0.1) is 28.8 Å². The van der Waals surface area contributed by atoms with Gasteiger partial charge in [-0.3, -0.25) is 29.7 Å². The number of aromatic nitrogens is 6. The second-order valence-electron chi connectivity index (χ2n) is 10.8. The Kier molecular flexibility index (Phi) is 6.18. The van der Waals surface area contributed by atoms with E-state index in [-0.39, 0.29) is 11.3 Å². The molecule has 0 saturated heterocycles. The molecule has 9 nitrogen and oxygen atoms in total. The van der Waals surface area contributed by atoms with Crippen molar-refractivity contribution in [2.45, 2.75) is 33.6 Å². The van der Waals surface area contributed by atoms with Gasteiger partial charge in [0.1, 0.15) is 16.9 Å². The van der Waals surface area contributed by atoms with Crippen molar-refractivity contribution in [3.05, 3.63) is 84.3 Å². The quantitative estimate of drug-likeness (QED) is 0.329. The van der Waals surface area contributed by atoms with Gasteiger partial charge >= 0.3 is 0 Å². The van der Waals surface area contributed by atoms with E-state index >= 15 is 0 Å². The highest BCUT2D eigenvalue weighted by Crippen LogP contribution is 2.28. The third-order valence-electron chi connectivity index (χ3n) is 6.43. The average Bonchev–Trinajstić information content (AvgIpc) is 3.36. The van der Waals surface area contributed by atoms with Gasteiger partial charge in [0.2, 0.25) is 5.91 Å². The Balaban J connectivity index is 1.34. The van der Waals surface area contributed by atoms with Gasteiger partial charge in [0, 0.05) is 48.9 Å². The van der Waals surface area contributed by atoms with Crippen LogP contribution in [-0.4, -0.2) is 48.1 Å². The summed E-state index contributed by atoms with van der Waals surface area (Å²) < 4.78 is 0. The van der Waals surface area contributed by atoms with E-state index < -0.39 is 0 Å². The predicted octanol–water partition coefficient (Wildman–Crippen LogP) is 5.25. The fraction of sp³-hybridized carbons (Fsp3) is 0.233.